The van der Waals surface area contributed by atoms with E-state index < -0.39 is 24.3 Å². The lowest BCUT2D eigenvalue weighted by Gasteiger charge is -2.11. The fourth-order valence-corrected chi connectivity index (χ4v) is 1.31. The molecule has 0 amide bonds. The highest BCUT2D eigenvalue weighted by Crippen LogP contribution is 2.28. The summed E-state index contributed by atoms with van der Waals surface area (Å²) < 4.78 is 48.5. The molecule has 86 valence electrons. The van der Waals surface area contributed by atoms with E-state index in [-0.39, 0.29) is 6.42 Å². The van der Waals surface area contributed by atoms with Gasteiger partial charge in [-0.25, -0.2) is 4.39 Å². The molecule has 1 rings (SSSR count). The minimum absolute atomic E-state index is 0.300. The van der Waals surface area contributed by atoms with Gasteiger partial charge in [0.25, 0.3) is 0 Å². The summed E-state index contributed by atoms with van der Waals surface area (Å²) >= 11 is 0. The Morgan fingerprint density at radius 1 is 1.19 bits per heavy atom. The van der Waals surface area contributed by atoms with E-state index in [0.29, 0.717) is 5.56 Å². The standard InChI is InChI=1S/C11H9F4N/c12-10-3-1-8(2-4-10)9(7-16)5-6-11(13,14)15/h1-4,9H,5-6H2/t9-/m1/s1. The van der Waals surface area contributed by atoms with Gasteiger partial charge in [-0.1, -0.05) is 12.1 Å². The molecule has 1 aromatic carbocycles. The summed E-state index contributed by atoms with van der Waals surface area (Å²) in [5.74, 6) is -1.32. The third-order valence-electron chi connectivity index (χ3n) is 2.14. The zero-order valence-corrected chi connectivity index (χ0v) is 8.26. The van der Waals surface area contributed by atoms with E-state index in [0.717, 1.165) is 12.1 Å². The van der Waals surface area contributed by atoms with Gasteiger partial charge in [-0.05, 0) is 24.1 Å². The van der Waals surface area contributed by atoms with Crippen molar-refractivity contribution in [3.63, 3.8) is 0 Å². The maximum absolute atomic E-state index is 12.6. The van der Waals surface area contributed by atoms with Crippen molar-refractivity contribution < 1.29 is 17.6 Å². The molecule has 0 spiro atoms. The summed E-state index contributed by atoms with van der Waals surface area (Å²) in [5.41, 5.74) is 0.410. The number of nitriles is 1. The Balaban J connectivity index is 2.69. The highest BCUT2D eigenvalue weighted by Gasteiger charge is 2.28. The van der Waals surface area contributed by atoms with Crippen LogP contribution in [0, 0.1) is 17.1 Å². The largest absolute Gasteiger partial charge is 0.389 e. The summed E-state index contributed by atoms with van der Waals surface area (Å²) in [4.78, 5) is 0. The van der Waals surface area contributed by atoms with E-state index in [4.69, 9.17) is 5.26 Å². The quantitative estimate of drug-likeness (QED) is 0.726. The number of hydrogen-bond acceptors (Lipinski definition) is 1. The lowest BCUT2D eigenvalue weighted by molar-refractivity contribution is -0.135. The van der Waals surface area contributed by atoms with Gasteiger partial charge in [0.15, 0.2) is 0 Å². The van der Waals surface area contributed by atoms with Crippen LogP contribution in [0.4, 0.5) is 17.6 Å². The van der Waals surface area contributed by atoms with E-state index in [2.05, 4.69) is 0 Å². The van der Waals surface area contributed by atoms with Crippen LogP contribution < -0.4 is 0 Å². The minimum Gasteiger partial charge on any atom is -0.207 e. The first-order valence-electron chi connectivity index (χ1n) is 4.64. The molecule has 0 bridgehead atoms. The van der Waals surface area contributed by atoms with Crippen LogP contribution in [0.15, 0.2) is 24.3 Å². The Hall–Kier alpha value is -1.57. The highest BCUT2D eigenvalue weighted by atomic mass is 19.4. The Labute approximate surface area is 90.3 Å². The molecule has 0 radical (unpaired) electrons. The first-order chi connectivity index (χ1) is 7.42. The molecule has 1 nitrogen and oxygen atoms in total. The first-order valence-corrected chi connectivity index (χ1v) is 4.64. The van der Waals surface area contributed by atoms with Crippen LogP contribution >= 0.6 is 0 Å². The second-order valence-electron chi connectivity index (χ2n) is 3.39. The number of nitrogens with zero attached hydrogens (tertiary/aromatic N) is 1. The van der Waals surface area contributed by atoms with Crippen LogP contribution in [0.25, 0.3) is 0 Å². The van der Waals surface area contributed by atoms with E-state index in [9.17, 15) is 17.6 Å². The van der Waals surface area contributed by atoms with Crippen molar-refractivity contribution in [1.29, 1.82) is 5.26 Å². The normalized spacial score (nSPS) is 13.2. The average molecular weight is 231 g/mol. The summed E-state index contributed by atoms with van der Waals surface area (Å²) in [6.45, 7) is 0. The van der Waals surface area contributed by atoms with Gasteiger partial charge in [-0.15, -0.1) is 0 Å². The zero-order valence-electron chi connectivity index (χ0n) is 8.26. The van der Waals surface area contributed by atoms with Crippen LogP contribution in [0.1, 0.15) is 24.3 Å². The summed E-state index contributed by atoms with van der Waals surface area (Å²) in [6, 6.07) is 6.72. The molecule has 5 heteroatoms. The van der Waals surface area contributed by atoms with Gasteiger partial charge < -0.3 is 0 Å². The molecule has 0 saturated carbocycles. The van der Waals surface area contributed by atoms with Crippen LogP contribution in [0.2, 0.25) is 0 Å². The van der Waals surface area contributed by atoms with Crippen LogP contribution in [0.3, 0.4) is 0 Å². The Morgan fingerprint density at radius 2 is 1.75 bits per heavy atom. The van der Waals surface area contributed by atoms with Gasteiger partial charge in [0.05, 0.1) is 12.0 Å². The molecule has 0 unspecified atom stereocenters. The number of rotatable bonds is 3. The molecule has 0 aliphatic heterocycles. The lowest BCUT2D eigenvalue weighted by Crippen LogP contribution is -2.09. The van der Waals surface area contributed by atoms with Gasteiger partial charge in [-0.3, -0.25) is 0 Å². The molecule has 16 heavy (non-hydrogen) atoms. The minimum atomic E-state index is -4.27. The summed E-state index contributed by atoms with van der Waals surface area (Å²) in [6.07, 6.45) is -5.58. The topological polar surface area (TPSA) is 23.8 Å². The third kappa shape index (κ3) is 3.89. The number of hydrogen-bond donors (Lipinski definition) is 0. The number of halogens is 4. The molecule has 0 fully saturated rings. The fourth-order valence-electron chi connectivity index (χ4n) is 1.31. The lowest BCUT2D eigenvalue weighted by atomic mass is 9.95. The van der Waals surface area contributed by atoms with E-state index in [1.807, 2.05) is 0 Å². The summed E-state index contributed by atoms with van der Waals surface area (Å²) in [7, 11) is 0. The molecular formula is C11H9F4N. The van der Waals surface area contributed by atoms with Crippen molar-refractivity contribution in [2.45, 2.75) is 24.9 Å². The first kappa shape index (κ1) is 12.5. The van der Waals surface area contributed by atoms with Crippen molar-refractivity contribution in [3.05, 3.63) is 35.6 Å². The molecule has 0 N–H and O–H groups in total. The van der Waals surface area contributed by atoms with Crippen molar-refractivity contribution >= 4 is 0 Å². The van der Waals surface area contributed by atoms with Gasteiger partial charge in [0.1, 0.15) is 5.82 Å². The Kier molecular flexibility index (Phi) is 3.88. The fraction of sp³-hybridized carbons (Fsp3) is 0.364. The van der Waals surface area contributed by atoms with E-state index in [1.54, 1.807) is 6.07 Å². The summed E-state index contributed by atoms with van der Waals surface area (Å²) in [5, 5.41) is 8.73. The monoisotopic (exact) mass is 231 g/mol. The second-order valence-corrected chi connectivity index (χ2v) is 3.39. The van der Waals surface area contributed by atoms with Crippen LogP contribution in [-0.2, 0) is 0 Å². The van der Waals surface area contributed by atoms with Gasteiger partial charge >= 0.3 is 6.18 Å². The predicted octanol–water partition coefficient (Wildman–Crippen LogP) is 3.78. The number of alkyl halides is 3. The van der Waals surface area contributed by atoms with Crippen molar-refractivity contribution in [1.82, 2.24) is 0 Å². The van der Waals surface area contributed by atoms with Gasteiger partial charge in [0.2, 0.25) is 0 Å². The third-order valence-corrected chi connectivity index (χ3v) is 2.14. The smallest absolute Gasteiger partial charge is 0.207 e. The van der Waals surface area contributed by atoms with Crippen molar-refractivity contribution in [2.24, 2.45) is 0 Å². The maximum atomic E-state index is 12.6. The predicted molar refractivity (Wildman–Crippen MR) is 50.0 cm³/mol. The molecule has 0 saturated heterocycles. The van der Waals surface area contributed by atoms with Crippen molar-refractivity contribution in [3.8, 4) is 6.07 Å². The molecular weight excluding hydrogens is 222 g/mol. The molecule has 1 aromatic rings. The van der Waals surface area contributed by atoms with Gasteiger partial charge in [0, 0.05) is 6.42 Å². The Morgan fingerprint density at radius 3 is 2.19 bits per heavy atom. The van der Waals surface area contributed by atoms with Crippen LogP contribution in [0.5, 0.6) is 0 Å². The van der Waals surface area contributed by atoms with Crippen LogP contribution in [-0.4, -0.2) is 6.18 Å². The van der Waals surface area contributed by atoms with E-state index >= 15 is 0 Å². The molecule has 0 aliphatic carbocycles. The number of benzene rings is 1. The Bertz CT molecular complexity index is 374. The molecule has 0 aromatic heterocycles. The maximum Gasteiger partial charge on any atom is 0.389 e. The molecule has 0 heterocycles. The highest BCUT2D eigenvalue weighted by molar-refractivity contribution is 5.25. The zero-order chi connectivity index (χ0) is 12.2. The van der Waals surface area contributed by atoms with Gasteiger partial charge in [-0.2, -0.15) is 18.4 Å². The average Bonchev–Trinajstić information content (AvgIpc) is 2.20. The molecule has 1 atom stereocenters. The SMILES string of the molecule is N#C[C@@H](CCC(F)(F)F)c1ccc(F)cc1. The van der Waals surface area contributed by atoms with Crippen molar-refractivity contribution in [2.75, 3.05) is 0 Å². The molecule has 0 aliphatic rings. The second kappa shape index (κ2) is 4.97. The van der Waals surface area contributed by atoms with E-state index in [1.165, 1.54) is 12.1 Å².